The number of nitrogens with one attached hydrogen (secondary N) is 7. The minimum Gasteiger partial charge on any atom is -0.508 e. The molecule has 0 radical (unpaired) electrons. The second-order valence-electron chi connectivity index (χ2n) is 13.9. The zero-order valence-electron chi connectivity index (χ0n) is 32.3. The van der Waals surface area contributed by atoms with Gasteiger partial charge in [-0.15, -0.1) is 0 Å². The van der Waals surface area contributed by atoms with E-state index in [-0.39, 0.29) is 18.6 Å². The maximum Gasteiger partial charge on any atom is 0.325 e. The van der Waals surface area contributed by atoms with Gasteiger partial charge in [0.1, 0.15) is 42.0 Å². The largest absolute Gasteiger partial charge is 0.508 e. The Labute approximate surface area is 328 Å². The van der Waals surface area contributed by atoms with E-state index in [4.69, 9.17) is 10.8 Å². The van der Waals surface area contributed by atoms with E-state index >= 15 is 0 Å². The molecule has 0 fully saturated rings. The molecular formula is C36H53N9O12. The van der Waals surface area contributed by atoms with E-state index in [1.54, 1.807) is 27.7 Å². The van der Waals surface area contributed by atoms with Crippen LogP contribution in [0.2, 0.25) is 0 Å². The summed E-state index contributed by atoms with van der Waals surface area (Å²) in [6, 6.07) is -4.16. The summed E-state index contributed by atoms with van der Waals surface area (Å²) in [4.78, 5) is 109. The number of hydrogen-bond donors (Lipinski definition) is 12. The molecule has 6 amide bonds. The van der Waals surface area contributed by atoms with E-state index in [1.165, 1.54) is 43.7 Å². The van der Waals surface area contributed by atoms with Crippen LogP contribution in [0.15, 0.2) is 36.8 Å². The summed E-state index contributed by atoms with van der Waals surface area (Å²) in [5.74, 6) is -9.20. The number of aliphatic hydroxyl groups is 1. The number of nitrogens with two attached hydrogens (primary N) is 1. The average Bonchev–Trinajstić information content (AvgIpc) is 3.67. The van der Waals surface area contributed by atoms with Crippen molar-refractivity contribution in [3.8, 4) is 5.75 Å². The van der Waals surface area contributed by atoms with Gasteiger partial charge in [-0.2, -0.15) is 0 Å². The van der Waals surface area contributed by atoms with Crippen molar-refractivity contribution in [1.29, 1.82) is 0 Å². The van der Waals surface area contributed by atoms with Gasteiger partial charge in [-0.05, 0) is 36.5 Å². The number of hydrogen-bond acceptors (Lipinski definition) is 12. The van der Waals surface area contributed by atoms with Crippen LogP contribution in [0.1, 0.15) is 58.7 Å². The molecule has 13 N–H and O–H groups in total. The van der Waals surface area contributed by atoms with Gasteiger partial charge >= 0.3 is 11.9 Å². The molecule has 0 aliphatic rings. The van der Waals surface area contributed by atoms with E-state index in [2.05, 4.69) is 41.9 Å². The Kier molecular flexibility index (Phi) is 18.5. The van der Waals surface area contributed by atoms with E-state index in [0.29, 0.717) is 17.7 Å². The third-order valence-electron chi connectivity index (χ3n) is 8.94. The van der Waals surface area contributed by atoms with E-state index < -0.39 is 115 Å². The standard InChI is InChI=1S/C36H53N9O12/c1-6-18(4)29(45-34(54)28(17(2)3)44-30(50)23(37)13-27(48)49)35(55)42-24(11-20-7-9-22(47)10-8-20)32(52)43-26(15-46)33(53)41-25(12-21-14-38-16-39-21)31(51)40-19(5)36(56)57/h7-10,14,16-19,23-26,28-29,46-47H,6,11-13,15,37H2,1-5H3,(H,38,39)(H,40,51)(H,41,53)(H,42,55)(H,43,52)(H,44,50)(H,45,54)(H,48,49)(H,56,57)/t18-,19-,23-,24-,25-,26-,28-,29-/m0/s1. The Hall–Kier alpha value is -6.09. The van der Waals surface area contributed by atoms with Gasteiger partial charge in [0, 0.05) is 24.7 Å². The van der Waals surface area contributed by atoms with Gasteiger partial charge in [0.25, 0.3) is 0 Å². The van der Waals surface area contributed by atoms with Crippen molar-refractivity contribution in [3.63, 3.8) is 0 Å². The predicted octanol–water partition coefficient (Wildman–Crippen LogP) is -2.59. The van der Waals surface area contributed by atoms with Crippen LogP contribution in [0.25, 0.3) is 0 Å². The van der Waals surface area contributed by atoms with Gasteiger partial charge in [-0.3, -0.25) is 38.4 Å². The first-order valence-corrected chi connectivity index (χ1v) is 18.2. The van der Waals surface area contributed by atoms with Crippen LogP contribution in [-0.4, -0.2) is 127 Å². The van der Waals surface area contributed by atoms with Crippen molar-refractivity contribution >= 4 is 47.4 Å². The van der Waals surface area contributed by atoms with E-state index in [1.807, 2.05) is 0 Å². The van der Waals surface area contributed by atoms with Gasteiger partial charge in [-0.1, -0.05) is 46.2 Å². The number of nitrogens with zero attached hydrogens (tertiary/aromatic N) is 1. The maximum atomic E-state index is 13.9. The summed E-state index contributed by atoms with van der Waals surface area (Å²) in [5, 5.41) is 52.9. The number of aromatic amines is 1. The fourth-order valence-corrected chi connectivity index (χ4v) is 5.30. The number of aromatic nitrogens is 2. The third kappa shape index (κ3) is 15.2. The van der Waals surface area contributed by atoms with Gasteiger partial charge in [0.15, 0.2) is 0 Å². The van der Waals surface area contributed by atoms with Crippen LogP contribution in [0.5, 0.6) is 5.75 Å². The Morgan fingerprint density at radius 3 is 1.77 bits per heavy atom. The maximum absolute atomic E-state index is 13.9. The summed E-state index contributed by atoms with van der Waals surface area (Å²) in [6.07, 6.45) is 2.00. The lowest BCUT2D eigenvalue weighted by Gasteiger charge is -2.30. The second kappa shape index (κ2) is 22.5. The fraction of sp³-hybridized carbons (Fsp3) is 0.528. The van der Waals surface area contributed by atoms with E-state index in [0.717, 1.165) is 0 Å². The number of carboxylic acids is 2. The van der Waals surface area contributed by atoms with Crippen molar-refractivity contribution in [2.75, 3.05) is 6.61 Å². The molecule has 21 heteroatoms. The number of rotatable bonds is 23. The minimum atomic E-state index is -1.68. The molecule has 57 heavy (non-hydrogen) atoms. The number of amides is 6. The molecule has 0 aliphatic carbocycles. The van der Waals surface area contributed by atoms with Crippen molar-refractivity contribution in [2.45, 2.75) is 103 Å². The molecule has 2 aromatic rings. The number of carbonyl (C=O) groups excluding carboxylic acids is 6. The van der Waals surface area contributed by atoms with E-state index in [9.17, 15) is 53.7 Å². The first kappa shape index (κ1) is 47.1. The topological polar surface area (TPSA) is 344 Å². The molecule has 8 atom stereocenters. The van der Waals surface area contributed by atoms with Crippen LogP contribution in [0, 0.1) is 11.8 Å². The Morgan fingerprint density at radius 2 is 1.25 bits per heavy atom. The van der Waals surface area contributed by atoms with Gasteiger partial charge in [0.05, 0.1) is 25.4 Å². The first-order valence-electron chi connectivity index (χ1n) is 18.2. The summed E-state index contributed by atoms with van der Waals surface area (Å²) in [5.41, 5.74) is 6.52. The number of phenols is 1. The number of benzene rings is 1. The molecule has 0 spiro atoms. The Morgan fingerprint density at radius 1 is 0.719 bits per heavy atom. The van der Waals surface area contributed by atoms with Crippen LogP contribution in [0.3, 0.4) is 0 Å². The molecule has 0 aliphatic heterocycles. The number of phenolic OH excluding ortho intramolecular Hbond substituents is 1. The highest BCUT2D eigenvalue weighted by atomic mass is 16.4. The Bertz CT molecular complexity index is 1700. The lowest BCUT2D eigenvalue weighted by molar-refractivity contribution is -0.142. The molecule has 1 heterocycles. The highest BCUT2D eigenvalue weighted by Crippen LogP contribution is 2.14. The normalized spacial score (nSPS) is 15.3. The fourth-order valence-electron chi connectivity index (χ4n) is 5.30. The highest BCUT2D eigenvalue weighted by Gasteiger charge is 2.36. The van der Waals surface area contributed by atoms with Gasteiger partial charge in [0.2, 0.25) is 35.4 Å². The summed E-state index contributed by atoms with van der Waals surface area (Å²) < 4.78 is 0. The molecular weight excluding hydrogens is 750 g/mol. The van der Waals surface area contributed by atoms with Crippen LogP contribution < -0.4 is 37.6 Å². The molecule has 0 saturated heterocycles. The lowest BCUT2D eigenvalue weighted by atomic mass is 9.95. The first-order chi connectivity index (χ1) is 26.8. The number of carboxylic acid groups (broad SMARTS) is 2. The van der Waals surface area contributed by atoms with Crippen molar-refractivity contribution in [2.24, 2.45) is 17.6 Å². The minimum absolute atomic E-state index is 0.0810. The van der Waals surface area contributed by atoms with Gasteiger partial charge in [-0.25, -0.2) is 4.98 Å². The molecule has 0 bridgehead atoms. The third-order valence-corrected chi connectivity index (χ3v) is 8.94. The number of aromatic hydroxyl groups is 1. The zero-order valence-corrected chi connectivity index (χ0v) is 32.3. The quantitative estimate of drug-likeness (QED) is 0.0549. The molecule has 2 rings (SSSR count). The second-order valence-corrected chi connectivity index (χ2v) is 13.9. The number of carbonyl (C=O) groups is 8. The average molecular weight is 804 g/mol. The number of aliphatic carboxylic acids is 2. The SMILES string of the molecule is CC[C@H](C)[C@H](NC(=O)[C@@H](NC(=O)[C@@H](N)CC(=O)O)C(C)C)C(=O)N[C@@H](Cc1ccc(O)cc1)C(=O)N[C@@H](CO)C(=O)N[C@@H](Cc1cnc[nH]1)C(=O)N[C@@H](C)C(=O)O. The summed E-state index contributed by atoms with van der Waals surface area (Å²) >= 11 is 0. The predicted molar refractivity (Wildman–Crippen MR) is 201 cm³/mol. The molecule has 0 saturated carbocycles. The zero-order chi connectivity index (χ0) is 43.0. The van der Waals surface area contributed by atoms with Crippen molar-refractivity contribution in [3.05, 3.63) is 48.0 Å². The highest BCUT2D eigenvalue weighted by molar-refractivity contribution is 5.97. The van der Waals surface area contributed by atoms with Crippen molar-refractivity contribution < 1.29 is 58.8 Å². The molecule has 1 aromatic heterocycles. The number of H-pyrrole nitrogens is 1. The lowest BCUT2D eigenvalue weighted by Crippen LogP contribution is -2.62. The molecule has 1 aromatic carbocycles. The molecule has 314 valence electrons. The Balaban J connectivity index is 2.36. The van der Waals surface area contributed by atoms with Gasteiger partial charge < -0.3 is 63.0 Å². The monoisotopic (exact) mass is 803 g/mol. The molecule has 21 nitrogen and oxygen atoms in total. The number of imidazole rings is 1. The summed E-state index contributed by atoms with van der Waals surface area (Å²) in [6.45, 7) is 6.87. The summed E-state index contributed by atoms with van der Waals surface area (Å²) in [7, 11) is 0. The van der Waals surface area contributed by atoms with Crippen LogP contribution in [-0.2, 0) is 51.2 Å². The smallest absolute Gasteiger partial charge is 0.325 e. The van der Waals surface area contributed by atoms with Crippen LogP contribution in [0.4, 0.5) is 0 Å². The van der Waals surface area contributed by atoms with Crippen molar-refractivity contribution in [1.82, 2.24) is 41.9 Å². The van der Waals surface area contributed by atoms with Crippen LogP contribution >= 0.6 is 0 Å². The number of aliphatic hydroxyl groups excluding tert-OH is 1. The molecule has 0 unspecified atom stereocenters.